The minimum atomic E-state index is -4.38. The lowest BCUT2D eigenvalue weighted by atomic mass is 10.2. The highest BCUT2D eigenvalue weighted by Gasteiger charge is 2.30. The number of primary amides is 1. The van der Waals surface area contributed by atoms with E-state index >= 15 is 0 Å². The summed E-state index contributed by atoms with van der Waals surface area (Å²) in [5, 5.41) is -1.22. The van der Waals surface area contributed by atoms with Gasteiger partial charge in [0.25, 0.3) is 10.1 Å². The molecule has 2 unspecified atom stereocenters. The van der Waals surface area contributed by atoms with Crippen molar-refractivity contribution in [3.05, 3.63) is 0 Å². The molecule has 0 aliphatic rings. The second kappa shape index (κ2) is 5.72. The number of hydrogen-bond acceptors (Lipinski definition) is 4. The van der Waals surface area contributed by atoms with Gasteiger partial charge in [0, 0.05) is 5.25 Å². The summed E-state index contributed by atoms with van der Waals surface area (Å²) in [5.74, 6) is -1.01. The Bertz CT molecular complexity index is 313. The predicted octanol–water partition coefficient (Wildman–Crippen LogP) is 0.648. The zero-order valence-electron chi connectivity index (χ0n) is 9.00. The topological polar surface area (TPSA) is 97.5 Å². The van der Waals surface area contributed by atoms with Gasteiger partial charge in [-0.1, -0.05) is 20.8 Å². The molecule has 2 atom stereocenters. The van der Waals surface area contributed by atoms with Crippen molar-refractivity contribution in [2.24, 2.45) is 5.73 Å². The fourth-order valence-corrected chi connectivity index (χ4v) is 3.39. The lowest BCUT2D eigenvalue weighted by Crippen LogP contribution is -2.37. The van der Waals surface area contributed by atoms with E-state index in [0.717, 1.165) is 0 Å². The zero-order valence-corrected chi connectivity index (χ0v) is 10.6. The van der Waals surface area contributed by atoms with Gasteiger partial charge in [-0.15, -0.1) is 0 Å². The Kier molecular flexibility index (Phi) is 5.61. The van der Waals surface area contributed by atoms with Gasteiger partial charge < -0.3 is 5.73 Å². The number of nitrogens with two attached hydrogens (primary N) is 1. The van der Waals surface area contributed by atoms with Crippen LogP contribution in [0.1, 0.15) is 27.2 Å². The Balaban J connectivity index is 4.51. The third-order valence-corrected chi connectivity index (χ3v) is 4.07. The van der Waals surface area contributed by atoms with Crippen molar-refractivity contribution in [3.63, 3.8) is 0 Å². The highest BCUT2D eigenvalue weighted by molar-refractivity contribution is 8.00. The van der Waals surface area contributed by atoms with Crippen LogP contribution < -0.4 is 5.73 Å². The standard InChI is InChI=1S/C8H17NO4S2/c1-5(2)14-6(3)4-7(8(9)10)15(11,12)13/h5-7H,4H2,1-3H3,(H2,9,10)(H,11,12,13). The van der Waals surface area contributed by atoms with E-state index in [9.17, 15) is 13.2 Å². The molecule has 0 saturated heterocycles. The van der Waals surface area contributed by atoms with Gasteiger partial charge in [0.2, 0.25) is 5.91 Å². The van der Waals surface area contributed by atoms with Crippen LogP contribution in [0.5, 0.6) is 0 Å². The van der Waals surface area contributed by atoms with Crippen LogP contribution >= 0.6 is 11.8 Å². The SMILES string of the molecule is CC(C)SC(C)CC(C(N)=O)S(=O)(=O)O. The van der Waals surface area contributed by atoms with Crippen molar-refractivity contribution >= 4 is 27.8 Å². The van der Waals surface area contributed by atoms with E-state index in [0.29, 0.717) is 5.25 Å². The smallest absolute Gasteiger partial charge is 0.276 e. The largest absolute Gasteiger partial charge is 0.368 e. The average molecular weight is 255 g/mol. The molecule has 0 heterocycles. The maximum Gasteiger partial charge on any atom is 0.276 e. The van der Waals surface area contributed by atoms with Gasteiger partial charge in [-0.25, -0.2) is 0 Å². The van der Waals surface area contributed by atoms with Crippen LogP contribution in [0.15, 0.2) is 0 Å². The van der Waals surface area contributed by atoms with Crippen LogP contribution in [0.3, 0.4) is 0 Å². The van der Waals surface area contributed by atoms with Gasteiger partial charge in [0.1, 0.15) is 0 Å². The predicted molar refractivity (Wildman–Crippen MR) is 61.3 cm³/mol. The quantitative estimate of drug-likeness (QED) is 0.679. The molecule has 0 aromatic heterocycles. The Morgan fingerprint density at radius 3 is 2.13 bits per heavy atom. The molecular formula is C8H17NO4S2. The molecule has 0 radical (unpaired) electrons. The highest BCUT2D eigenvalue weighted by atomic mass is 32.2. The van der Waals surface area contributed by atoms with E-state index < -0.39 is 21.3 Å². The van der Waals surface area contributed by atoms with E-state index in [1.54, 1.807) is 6.92 Å². The Morgan fingerprint density at radius 2 is 1.87 bits per heavy atom. The second-order valence-corrected chi connectivity index (χ2v) is 7.26. The zero-order chi connectivity index (χ0) is 12.2. The van der Waals surface area contributed by atoms with Gasteiger partial charge in [-0.05, 0) is 11.7 Å². The maximum atomic E-state index is 10.8. The average Bonchev–Trinajstić information content (AvgIpc) is 1.95. The Hall–Kier alpha value is -0.270. The number of carbonyl (C=O) groups excluding carboxylic acids is 1. The molecule has 0 aromatic carbocycles. The second-order valence-electron chi connectivity index (χ2n) is 3.64. The number of thioether (sulfide) groups is 1. The molecule has 0 saturated carbocycles. The third-order valence-electron chi connectivity index (χ3n) is 1.73. The summed E-state index contributed by atoms with van der Waals surface area (Å²) in [7, 11) is -4.38. The van der Waals surface area contributed by atoms with Gasteiger partial charge in [0.15, 0.2) is 5.25 Å². The lowest BCUT2D eigenvalue weighted by molar-refractivity contribution is -0.117. The van der Waals surface area contributed by atoms with Crippen molar-refractivity contribution in [2.75, 3.05) is 0 Å². The van der Waals surface area contributed by atoms with Crippen molar-refractivity contribution in [1.29, 1.82) is 0 Å². The highest BCUT2D eigenvalue weighted by Crippen LogP contribution is 2.22. The molecule has 0 rings (SSSR count). The Labute approximate surface area is 94.5 Å². The number of carbonyl (C=O) groups is 1. The number of amides is 1. The minimum absolute atomic E-state index is 0.0387. The summed E-state index contributed by atoms with van der Waals surface area (Å²) in [5.41, 5.74) is 4.91. The van der Waals surface area contributed by atoms with Crippen LogP contribution in [-0.2, 0) is 14.9 Å². The fourth-order valence-electron chi connectivity index (χ4n) is 1.21. The van der Waals surface area contributed by atoms with Crippen LogP contribution in [0.25, 0.3) is 0 Å². The van der Waals surface area contributed by atoms with Gasteiger partial charge in [-0.2, -0.15) is 20.2 Å². The van der Waals surface area contributed by atoms with E-state index in [1.807, 2.05) is 13.8 Å². The van der Waals surface area contributed by atoms with E-state index in [2.05, 4.69) is 0 Å². The number of rotatable bonds is 6. The molecule has 0 aromatic rings. The van der Waals surface area contributed by atoms with Crippen molar-refractivity contribution in [3.8, 4) is 0 Å². The van der Waals surface area contributed by atoms with E-state index in [4.69, 9.17) is 10.3 Å². The summed E-state index contributed by atoms with van der Waals surface area (Å²) in [4.78, 5) is 10.8. The lowest BCUT2D eigenvalue weighted by Gasteiger charge is -2.17. The first kappa shape index (κ1) is 14.7. The molecule has 0 spiro atoms. The minimum Gasteiger partial charge on any atom is -0.368 e. The fraction of sp³-hybridized carbons (Fsp3) is 0.875. The molecule has 0 fully saturated rings. The van der Waals surface area contributed by atoms with Crippen LogP contribution in [-0.4, -0.2) is 34.6 Å². The number of hydrogen-bond donors (Lipinski definition) is 2. The summed E-state index contributed by atoms with van der Waals surface area (Å²) in [6, 6.07) is 0. The summed E-state index contributed by atoms with van der Waals surface area (Å²) < 4.78 is 30.5. The Morgan fingerprint density at radius 1 is 1.40 bits per heavy atom. The third kappa shape index (κ3) is 6.01. The first-order chi connectivity index (χ1) is 6.64. The monoisotopic (exact) mass is 255 g/mol. The van der Waals surface area contributed by atoms with Gasteiger partial charge >= 0.3 is 0 Å². The molecule has 90 valence electrons. The molecule has 0 bridgehead atoms. The molecule has 3 N–H and O–H groups in total. The summed E-state index contributed by atoms with van der Waals surface area (Å²) >= 11 is 1.53. The van der Waals surface area contributed by atoms with Crippen LogP contribution in [0.2, 0.25) is 0 Å². The van der Waals surface area contributed by atoms with Gasteiger partial charge in [-0.3, -0.25) is 9.35 Å². The molecule has 0 aliphatic heterocycles. The van der Waals surface area contributed by atoms with Crippen molar-refractivity contribution in [1.82, 2.24) is 0 Å². The summed E-state index contributed by atoms with van der Waals surface area (Å²) in [6.07, 6.45) is 0.0387. The van der Waals surface area contributed by atoms with Crippen LogP contribution in [0.4, 0.5) is 0 Å². The van der Waals surface area contributed by atoms with Gasteiger partial charge in [0.05, 0.1) is 0 Å². The van der Waals surface area contributed by atoms with E-state index in [-0.39, 0.29) is 11.7 Å². The van der Waals surface area contributed by atoms with Crippen LogP contribution in [0, 0.1) is 0 Å². The molecule has 7 heteroatoms. The van der Waals surface area contributed by atoms with E-state index in [1.165, 1.54) is 11.8 Å². The van der Waals surface area contributed by atoms with Crippen molar-refractivity contribution < 1.29 is 17.8 Å². The normalized spacial score (nSPS) is 16.3. The van der Waals surface area contributed by atoms with Crippen molar-refractivity contribution in [2.45, 2.75) is 42.9 Å². The maximum absolute atomic E-state index is 10.8. The first-order valence-corrected chi connectivity index (χ1v) is 7.00. The molecule has 1 amide bonds. The summed E-state index contributed by atoms with van der Waals surface area (Å²) in [6.45, 7) is 5.73. The molecular weight excluding hydrogens is 238 g/mol. The molecule has 5 nitrogen and oxygen atoms in total. The first-order valence-electron chi connectivity index (χ1n) is 4.55. The molecule has 15 heavy (non-hydrogen) atoms. The molecule has 0 aliphatic carbocycles.